The highest BCUT2D eigenvalue weighted by atomic mass is 35.5. The van der Waals surface area contributed by atoms with Gasteiger partial charge in [-0.15, -0.1) is 0 Å². The average Bonchev–Trinajstić information content (AvgIpc) is 2.69. The van der Waals surface area contributed by atoms with Crippen molar-refractivity contribution in [3.8, 4) is 5.69 Å². The van der Waals surface area contributed by atoms with Crippen molar-refractivity contribution in [3.05, 3.63) is 93.4 Å². The molecule has 0 fully saturated rings. The second-order valence-electron chi connectivity index (χ2n) is 6.23. The molecule has 146 valence electrons. The normalized spacial score (nSPS) is 11.7. The van der Waals surface area contributed by atoms with E-state index in [1.54, 1.807) is 36.7 Å². The number of nitrogens with zero attached hydrogens (tertiary/aromatic N) is 4. The number of para-hydroxylation sites is 1. The van der Waals surface area contributed by atoms with E-state index in [1.165, 1.54) is 18.2 Å². The van der Waals surface area contributed by atoms with Crippen LogP contribution in [0.3, 0.4) is 0 Å². The number of aromatic nitrogens is 4. The lowest BCUT2D eigenvalue weighted by molar-refractivity contribution is -0.141. The van der Waals surface area contributed by atoms with Gasteiger partial charge >= 0.3 is 11.9 Å². The van der Waals surface area contributed by atoms with Crippen LogP contribution in [0.15, 0.2) is 65.7 Å². The van der Waals surface area contributed by atoms with Crippen molar-refractivity contribution in [1.82, 2.24) is 19.5 Å². The van der Waals surface area contributed by atoms with Gasteiger partial charge in [-0.2, -0.15) is 18.2 Å². The molecule has 0 aliphatic heterocycles. The minimum absolute atomic E-state index is 0.160. The number of hydrogen-bond donors (Lipinski definition) is 0. The maximum atomic E-state index is 13.3. The monoisotopic (exact) mass is 416 g/mol. The maximum absolute atomic E-state index is 13.3. The van der Waals surface area contributed by atoms with E-state index < -0.39 is 17.6 Å². The summed E-state index contributed by atoms with van der Waals surface area (Å²) in [4.78, 5) is 24.7. The van der Waals surface area contributed by atoms with E-state index in [2.05, 4.69) is 15.0 Å². The molecule has 4 rings (SSSR count). The number of fused-ring (bicyclic) bond motifs is 1. The van der Waals surface area contributed by atoms with Crippen molar-refractivity contribution in [2.75, 3.05) is 0 Å². The molecular formula is C20H12ClF3N4O. The van der Waals surface area contributed by atoms with Gasteiger partial charge in [0.15, 0.2) is 5.65 Å². The van der Waals surface area contributed by atoms with Crippen LogP contribution in [-0.2, 0) is 12.6 Å². The van der Waals surface area contributed by atoms with E-state index in [4.69, 9.17) is 11.6 Å². The summed E-state index contributed by atoms with van der Waals surface area (Å²) in [5, 5.41) is 0.512. The Hall–Kier alpha value is -3.26. The summed E-state index contributed by atoms with van der Waals surface area (Å²) in [7, 11) is 0. The molecule has 0 bridgehead atoms. The standard InChI is InChI=1S/C20H12ClF3N4O/c21-14-5-1-2-6-16(14)28-18-13(7-8-17(27-18)20(22,23)24)15(26-19(28)29)10-12-4-3-9-25-11-12/h1-9,11H,10H2. The van der Waals surface area contributed by atoms with Gasteiger partial charge in [0.2, 0.25) is 0 Å². The first-order valence-corrected chi connectivity index (χ1v) is 8.86. The van der Waals surface area contributed by atoms with Gasteiger partial charge in [0.1, 0.15) is 5.69 Å². The third kappa shape index (κ3) is 3.71. The molecule has 5 nitrogen and oxygen atoms in total. The predicted molar refractivity (Wildman–Crippen MR) is 102 cm³/mol. The smallest absolute Gasteiger partial charge is 0.264 e. The van der Waals surface area contributed by atoms with E-state index in [0.717, 1.165) is 16.2 Å². The fourth-order valence-corrected chi connectivity index (χ4v) is 3.22. The quantitative estimate of drug-likeness (QED) is 0.495. The van der Waals surface area contributed by atoms with Crippen LogP contribution in [0.25, 0.3) is 16.7 Å². The van der Waals surface area contributed by atoms with Gasteiger partial charge < -0.3 is 0 Å². The van der Waals surface area contributed by atoms with Gasteiger partial charge in [-0.1, -0.05) is 29.8 Å². The largest absolute Gasteiger partial charge is 0.433 e. The third-order valence-electron chi connectivity index (χ3n) is 4.30. The third-order valence-corrected chi connectivity index (χ3v) is 4.62. The van der Waals surface area contributed by atoms with E-state index >= 15 is 0 Å². The average molecular weight is 417 g/mol. The molecule has 4 aromatic rings. The summed E-state index contributed by atoms with van der Waals surface area (Å²) in [5.41, 5.74) is -0.762. The van der Waals surface area contributed by atoms with Crippen LogP contribution in [0.2, 0.25) is 5.02 Å². The zero-order valence-electron chi connectivity index (χ0n) is 14.7. The molecule has 1 aromatic carbocycles. The molecule has 0 atom stereocenters. The summed E-state index contributed by atoms with van der Waals surface area (Å²) in [6.07, 6.45) is -1.25. The molecule has 0 unspecified atom stereocenters. The van der Waals surface area contributed by atoms with Crippen LogP contribution in [0.1, 0.15) is 17.0 Å². The van der Waals surface area contributed by atoms with Crippen LogP contribution >= 0.6 is 11.6 Å². The molecule has 0 N–H and O–H groups in total. The van der Waals surface area contributed by atoms with Crippen LogP contribution < -0.4 is 5.69 Å². The highest BCUT2D eigenvalue weighted by molar-refractivity contribution is 6.32. The zero-order valence-corrected chi connectivity index (χ0v) is 15.4. The molecule has 0 amide bonds. The topological polar surface area (TPSA) is 60.7 Å². The molecule has 9 heteroatoms. The van der Waals surface area contributed by atoms with Gasteiger partial charge in [-0.3, -0.25) is 4.98 Å². The van der Waals surface area contributed by atoms with Crippen molar-refractivity contribution < 1.29 is 13.2 Å². The van der Waals surface area contributed by atoms with Crippen molar-refractivity contribution in [1.29, 1.82) is 0 Å². The number of hydrogen-bond acceptors (Lipinski definition) is 4. The molecule has 0 spiro atoms. The Morgan fingerprint density at radius 2 is 1.79 bits per heavy atom. The van der Waals surface area contributed by atoms with E-state index in [1.807, 2.05) is 0 Å². The van der Waals surface area contributed by atoms with E-state index in [-0.39, 0.29) is 22.8 Å². The van der Waals surface area contributed by atoms with Crippen molar-refractivity contribution >= 4 is 22.6 Å². The number of benzene rings is 1. The van der Waals surface area contributed by atoms with Crippen LogP contribution in [0, 0.1) is 0 Å². The fourth-order valence-electron chi connectivity index (χ4n) is 3.00. The second-order valence-corrected chi connectivity index (χ2v) is 6.64. The zero-order chi connectivity index (χ0) is 20.6. The lowest BCUT2D eigenvalue weighted by Crippen LogP contribution is -2.25. The number of halogens is 4. The highest BCUT2D eigenvalue weighted by Crippen LogP contribution is 2.30. The number of alkyl halides is 3. The first kappa shape index (κ1) is 19.1. The second kappa shape index (κ2) is 7.29. The molecule has 0 radical (unpaired) electrons. The Bertz CT molecular complexity index is 1260. The summed E-state index contributed by atoms with van der Waals surface area (Å²) >= 11 is 6.18. The molecular weight excluding hydrogens is 405 g/mol. The molecule has 0 aliphatic carbocycles. The van der Waals surface area contributed by atoms with E-state index in [0.29, 0.717) is 11.1 Å². The van der Waals surface area contributed by atoms with Gasteiger partial charge in [0.05, 0.1) is 16.4 Å². The molecule has 29 heavy (non-hydrogen) atoms. The number of pyridine rings is 2. The maximum Gasteiger partial charge on any atom is 0.433 e. The molecule has 3 heterocycles. The highest BCUT2D eigenvalue weighted by Gasteiger charge is 2.33. The summed E-state index contributed by atoms with van der Waals surface area (Å²) < 4.78 is 40.8. The predicted octanol–water partition coefficient (Wildman–Crippen LogP) is 4.44. The lowest BCUT2D eigenvalue weighted by Gasteiger charge is -2.15. The van der Waals surface area contributed by atoms with Crippen molar-refractivity contribution in [2.45, 2.75) is 12.6 Å². The number of rotatable bonds is 3. The van der Waals surface area contributed by atoms with Crippen LogP contribution in [-0.4, -0.2) is 19.5 Å². The minimum atomic E-state index is -4.66. The molecule has 3 aromatic heterocycles. The van der Waals surface area contributed by atoms with Crippen LogP contribution in [0.4, 0.5) is 13.2 Å². The van der Waals surface area contributed by atoms with Gasteiger partial charge in [-0.25, -0.2) is 14.3 Å². The van der Waals surface area contributed by atoms with Gasteiger partial charge in [0, 0.05) is 24.2 Å². The first-order chi connectivity index (χ1) is 13.8. The molecule has 0 aliphatic rings. The first-order valence-electron chi connectivity index (χ1n) is 8.48. The Kier molecular flexibility index (Phi) is 4.79. The van der Waals surface area contributed by atoms with Crippen molar-refractivity contribution in [3.63, 3.8) is 0 Å². The van der Waals surface area contributed by atoms with E-state index in [9.17, 15) is 18.0 Å². The summed E-state index contributed by atoms with van der Waals surface area (Å²) in [6.45, 7) is 0. The summed E-state index contributed by atoms with van der Waals surface area (Å²) in [5.74, 6) is 0. The Morgan fingerprint density at radius 3 is 2.48 bits per heavy atom. The molecule has 0 saturated carbocycles. The van der Waals surface area contributed by atoms with Crippen molar-refractivity contribution in [2.24, 2.45) is 0 Å². The Balaban J connectivity index is 2.03. The Morgan fingerprint density at radius 1 is 1.00 bits per heavy atom. The lowest BCUT2D eigenvalue weighted by atomic mass is 10.1. The minimum Gasteiger partial charge on any atom is -0.264 e. The fraction of sp³-hybridized carbons (Fsp3) is 0.100. The molecule has 0 saturated heterocycles. The Labute approximate surface area is 167 Å². The van der Waals surface area contributed by atoms with Crippen LogP contribution in [0.5, 0.6) is 0 Å². The summed E-state index contributed by atoms with van der Waals surface area (Å²) in [6, 6.07) is 12.0. The van der Waals surface area contributed by atoms with Gasteiger partial charge in [-0.05, 0) is 35.9 Å². The SMILES string of the molecule is O=c1nc(Cc2cccnc2)c2ccc(C(F)(F)F)nc2n1-c1ccccc1Cl. The van der Waals surface area contributed by atoms with Gasteiger partial charge in [0.25, 0.3) is 0 Å².